The van der Waals surface area contributed by atoms with Crippen LogP contribution in [0.25, 0.3) is 0 Å². The van der Waals surface area contributed by atoms with Gasteiger partial charge >= 0.3 is 0 Å². The van der Waals surface area contributed by atoms with E-state index in [1.807, 2.05) is 19.1 Å². The van der Waals surface area contributed by atoms with E-state index in [1.165, 1.54) is 19.3 Å². The zero-order chi connectivity index (χ0) is 14.1. The van der Waals surface area contributed by atoms with Crippen LogP contribution in [0, 0.1) is 24.7 Å². The zero-order valence-corrected chi connectivity index (χ0v) is 12.0. The summed E-state index contributed by atoms with van der Waals surface area (Å²) in [5.41, 5.74) is 7.98. The monoisotopic (exact) mass is 273 g/mol. The Kier molecular flexibility index (Phi) is 3.74. The molecule has 2 fully saturated rings. The van der Waals surface area contributed by atoms with Gasteiger partial charge in [0.25, 0.3) is 0 Å². The fourth-order valence-electron chi connectivity index (χ4n) is 3.85. The number of rotatable bonds is 2. The van der Waals surface area contributed by atoms with Crippen LogP contribution in [0.2, 0.25) is 0 Å². The summed E-state index contributed by atoms with van der Waals surface area (Å²) in [7, 11) is 0. The van der Waals surface area contributed by atoms with E-state index in [0.717, 1.165) is 24.2 Å². The normalized spacial score (nSPS) is 32.7. The summed E-state index contributed by atoms with van der Waals surface area (Å²) in [6.07, 6.45) is 7.29. The third-order valence-electron chi connectivity index (χ3n) is 5.05. The highest BCUT2D eigenvalue weighted by Crippen LogP contribution is 2.42. The maximum atomic E-state index is 12.5. The Hall–Kier alpha value is -1.42. The molecule has 3 N–H and O–H groups in total. The second kappa shape index (κ2) is 5.52. The van der Waals surface area contributed by atoms with Crippen LogP contribution in [-0.2, 0) is 4.79 Å². The molecule has 4 heteroatoms. The fraction of sp³-hybridized carbons (Fsp3) is 0.625. The number of aromatic nitrogens is 1. The number of fused-ring (bicyclic) bond motifs is 2. The molecule has 2 aliphatic rings. The number of carbonyl (C=O) groups is 1. The SMILES string of the molecule is Cc1ncccc1NC(=O)C1CC2CCCC(C1)C2N. The third-order valence-corrected chi connectivity index (χ3v) is 5.05. The van der Waals surface area contributed by atoms with Crippen molar-refractivity contribution in [1.82, 2.24) is 4.98 Å². The largest absolute Gasteiger partial charge is 0.327 e. The summed E-state index contributed by atoms with van der Waals surface area (Å²) in [6, 6.07) is 4.08. The van der Waals surface area contributed by atoms with Gasteiger partial charge in [0, 0.05) is 18.2 Å². The van der Waals surface area contributed by atoms with Gasteiger partial charge in [-0.05, 0) is 56.6 Å². The van der Waals surface area contributed by atoms with Crippen molar-refractivity contribution < 1.29 is 4.79 Å². The number of pyridine rings is 1. The van der Waals surface area contributed by atoms with E-state index in [0.29, 0.717) is 17.9 Å². The van der Waals surface area contributed by atoms with Crippen molar-refractivity contribution in [3.8, 4) is 0 Å². The second-order valence-electron chi connectivity index (χ2n) is 6.32. The van der Waals surface area contributed by atoms with Gasteiger partial charge in [0.1, 0.15) is 0 Å². The van der Waals surface area contributed by atoms with E-state index >= 15 is 0 Å². The van der Waals surface area contributed by atoms with Crippen LogP contribution in [0.5, 0.6) is 0 Å². The molecule has 0 aromatic carbocycles. The molecule has 2 saturated carbocycles. The molecule has 1 amide bonds. The number of aryl methyl sites for hydroxylation is 1. The summed E-state index contributed by atoms with van der Waals surface area (Å²) in [4.78, 5) is 16.7. The average molecular weight is 273 g/mol. The van der Waals surface area contributed by atoms with Gasteiger partial charge in [-0.2, -0.15) is 0 Å². The van der Waals surface area contributed by atoms with E-state index in [1.54, 1.807) is 6.20 Å². The van der Waals surface area contributed by atoms with Crippen molar-refractivity contribution in [1.29, 1.82) is 0 Å². The first-order valence-corrected chi connectivity index (χ1v) is 7.63. The number of hydrogen-bond acceptors (Lipinski definition) is 3. The van der Waals surface area contributed by atoms with E-state index in [9.17, 15) is 4.79 Å². The summed E-state index contributed by atoms with van der Waals surface area (Å²) in [5.74, 6) is 1.33. The lowest BCUT2D eigenvalue weighted by Gasteiger charge is -2.43. The Balaban J connectivity index is 1.68. The van der Waals surface area contributed by atoms with Crippen LogP contribution < -0.4 is 11.1 Å². The topological polar surface area (TPSA) is 68.0 Å². The standard InChI is InChI=1S/C16H23N3O/c1-10-14(6-3-7-18-10)19-16(20)13-8-11-4-2-5-12(9-13)15(11)17/h3,6-7,11-13,15H,2,4-5,8-9,17H2,1H3,(H,19,20). The van der Waals surface area contributed by atoms with Crippen LogP contribution in [0.3, 0.4) is 0 Å². The molecule has 2 aliphatic carbocycles. The molecular weight excluding hydrogens is 250 g/mol. The molecule has 1 aromatic rings. The predicted octanol–water partition coefficient (Wildman–Crippen LogP) is 2.48. The molecule has 4 nitrogen and oxygen atoms in total. The van der Waals surface area contributed by atoms with Gasteiger partial charge in [0.05, 0.1) is 11.4 Å². The van der Waals surface area contributed by atoms with Crippen molar-refractivity contribution in [3.05, 3.63) is 24.0 Å². The Morgan fingerprint density at radius 3 is 2.70 bits per heavy atom. The highest BCUT2D eigenvalue weighted by atomic mass is 16.1. The number of hydrogen-bond donors (Lipinski definition) is 2. The van der Waals surface area contributed by atoms with Crippen LogP contribution >= 0.6 is 0 Å². The van der Waals surface area contributed by atoms with Gasteiger partial charge in [0.2, 0.25) is 5.91 Å². The van der Waals surface area contributed by atoms with Crippen molar-refractivity contribution in [2.75, 3.05) is 5.32 Å². The molecular formula is C16H23N3O. The first kappa shape index (κ1) is 13.6. The van der Waals surface area contributed by atoms with Crippen LogP contribution in [0.4, 0.5) is 5.69 Å². The van der Waals surface area contributed by atoms with Gasteiger partial charge in [-0.25, -0.2) is 0 Å². The van der Waals surface area contributed by atoms with Gasteiger partial charge in [-0.1, -0.05) is 6.42 Å². The van der Waals surface area contributed by atoms with Crippen molar-refractivity contribution in [2.24, 2.45) is 23.5 Å². The van der Waals surface area contributed by atoms with Gasteiger partial charge in [-0.3, -0.25) is 9.78 Å². The molecule has 1 aromatic heterocycles. The molecule has 3 rings (SSSR count). The number of amides is 1. The Bertz CT molecular complexity index is 488. The summed E-state index contributed by atoms with van der Waals surface area (Å²) in [5, 5.41) is 3.04. The van der Waals surface area contributed by atoms with Crippen LogP contribution in [0.15, 0.2) is 18.3 Å². The fourth-order valence-corrected chi connectivity index (χ4v) is 3.85. The maximum Gasteiger partial charge on any atom is 0.227 e. The van der Waals surface area contributed by atoms with E-state index in [2.05, 4.69) is 10.3 Å². The zero-order valence-electron chi connectivity index (χ0n) is 12.0. The maximum absolute atomic E-state index is 12.5. The average Bonchev–Trinajstić information content (AvgIpc) is 2.41. The Morgan fingerprint density at radius 1 is 1.35 bits per heavy atom. The molecule has 0 spiro atoms. The molecule has 0 saturated heterocycles. The summed E-state index contributed by atoms with van der Waals surface area (Å²) in [6.45, 7) is 1.92. The minimum Gasteiger partial charge on any atom is -0.327 e. The lowest BCUT2D eigenvalue weighted by atomic mass is 9.65. The molecule has 0 aliphatic heterocycles. The molecule has 2 atom stereocenters. The minimum absolute atomic E-state index is 0.115. The van der Waals surface area contributed by atoms with E-state index in [4.69, 9.17) is 5.73 Å². The van der Waals surface area contributed by atoms with E-state index in [-0.39, 0.29) is 11.8 Å². The lowest BCUT2D eigenvalue weighted by Crippen LogP contribution is -2.48. The number of nitrogens with zero attached hydrogens (tertiary/aromatic N) is 1. The highest BCUT2D eigenvalue weighted by molar-refractivity contribution is 5.93. The van der Waals surface area contributed by atoms with Gasteiger partial charge in [-0.15, -0.1) is 0 Å². The first-order chi connectivity index (χ1) is 9.65. The van der Waals surface area contributed by atoms with Crippen LogP contribution in [0.1, 0.15) is 37.8 Å². The summed E-state index contributed by atoms with van der Waals surface area (Å²) < 4.78 is 0. The number of nitrogens with one attached hydrogen (secondary N) is 1. The molecule has 1 heterocycles. The highest BCUT2D eigenvalue weighted by Gasteiger charge is 2.40. The van der Waals surface area contributed by atoms with E-state index < -0.39 is 0 Å². The van der Waals surface area contributed by atoms with Crippen molar-refractivity contribution in [2.45, 2.75) is 45.1 Å². The first-order valence-electron chi connectivity index (χ1n) is 7.63. The Labute approximate surface area is 120 Å². The number of anilines is 1. The number of carbonyl (C=O) groups excluding carboxylic acids is 1. The molecule has 20 heavy (non-hydrogen) atoms. The molecule has 0 radical (unpaired) electrons. The van der Waals surface area contributed by atoms with Crippen LogP contribution in [-0.4, -0.2) is 16.9 Å². The molecule has 2 bridgehead atoms. The molecule has 108 valence electrons. The quantitative estimate of drug-likeness (QED) is 0.870. The van der Waals surface area contributed by atoms with Crippen molar-refractivity contribution in [3.63, 3.8) is 0 Å². The Morgan fingerprint density at radius 2 is 2.05 bits per heavy atom. The minimum atomic E-state index is 0.115. The number of nitrogens with two attached hydrogens (primary N) is 1. The molecule has 2 unspecified atom stereocenters. The summed E-state index contributed by atoms with van der Waals surface area (Å²) >= 11 is 0. The predicted molar refractivity (Wildman–Crippen MR) is 79.1 cm³/mol. The van der Waals surface area contributed by atoms with Gasteiger partial charge < -0.3 is 11.1 Å². The second-order valence-corrected chi connectivity index (χ2v) is 6.32. The van der Waals surface area contributed by atoms with Crippen molar-refractivity contribution >= 4 is 11.6 Å². The third kappa shape index (κ3) is 2.57. The smallest absolute Gasteiger partial charge is 0.227 e. The van der Waals surface area contributed by atoms with Gasteiger partial charge in [0.15, 0.2) is 0 Å². The lowest BCUT2D eigenvalue weighted by molar-refractivity contribution is -0.122.